The van der Waals surface area contributed by atoms with Crippen molar-refractivity contribution < 1.29 is 4.79 Å². The summed E-state index contributed by atoms with van der Waals surface area (Å²) in [5.41, 5.74) is 4.06. The molecule has 1 atom stereocenters. The number of nitrogens with one attached hydrogen (secondary N) is 1. The molecule has 1 saturated heterocycles. The molecule has 0 saturated carbocycles. The first-order valence-corrected chi connectivity index (χ1v) is 11.1. The fraction of sp³-hybridized carbons (Fsp3) is 0.360. The topological polar surface area (TPSA) is 75.9 Å². The fourth-order valence-electron chi connectivity index (χ4n) is 4.25. The molecule has 1 fully saturated rings. The number of nitrogens with zero attached hydrogens (tertiary/aromatic N) is 5. The maximum Gasteiger partial charge on any atom is 0.246 e. The van der Waals surface area contributed by atoms with E-state index in [0.29, 0.717) is 5.92 Å². The SMILES string of the molecule is Cc1nn(C)c(C)c1/C=C/C(=O)N1CCC[C@H](Cc2cccc(Nc3ccccn3)n2)C1. The molecule has 32 heavy (non-hydrogen) atoms. The zero-order valence-electron chi connectivity index (χ0n) is 19.0. The van der Waals surface area contributed by atoms with Crippen LogP contribution in [0.2, 0.25) is 0 Å². The van der Waals surface area contributed by atoms with Crippen LogP contribution in [0.15, 0.2) is 48.7 Å². The quantitative estimate of drug-likeness (QED) is 0.597. The second-order valence-electron chi connectivity index (χ2n) is 8.39. The van der Waals surface area contributed by atoms with Crippen LogP contribution in [0.4, 0.5) is 11.6 Å². The summed E-state index contributed by atoms with van der Waals surface area (Å²) < 4.78 is 1.85. The number of aromatic nitrogens is 4. The third kappa shape index (κ3) is 5.22. The average molecular weight is 431 g/mol. The number of pyridine rings is 2. The molecule has 0 radical (unpaired) electrons. The highest BCUT2D eigenvalue weighted by Gasteiger charge is 2.23. The van der Waals surface area contributed by atoms with E-state index < -0.39 is 0 Å². The van der Waals surface area contributed by atoms with E-state index in [1.807, 2.05) is 66.9 Å². The van der Waals surface area contributed by atoms with Gasteiger partial charge in [0.15, 0.2) is 0 Å². The van der Waals surface area contributed by atoms with Crippen molar-refractivity contribution in [1.29, 1.82) is 0 Å². The zero-order chi connectivity index (χ0) is 22.5. The van der Waals surface area contributed by atoms with Crippen molar-refractivity contribution in [2.45, 2.75) is 33.1 Å². The van der Waals surface area contributed by atoms with E-state index in [2.05, 4.69) is 21.5 Å². The van der Waals surface area contributed by atoms with E-state index in [-0.39, 0.29) is 5.91 Å². The van der Waals surface area contributed by atoms with Gasteiger partial charge >= 0.3 is 0 Å². The second-order valence-corrected chi connectivity index (χ2v) is 8.39. The van der Waals surface area contributed by atoms with E-state index in [0.717, 1.165) is 66.6 Å². The number of amides is 1. The molecule has 0 aromatic carbocycles. The Morgan fingerprint density at radius 2 is 2.03 bits per heavy atom. The predicted octanol–water partition coefficient (Wildman–Crippen LogP) is 4.07. The standard InChI is InChI=1S/C25H30N6O/c1-18-22(19(2)30(3)29-18)12-13-25(32)31-15-7-8-20(17-31)16-21-9-6-11-24(27-21)28-23-10-4-5-14-26-23/h4-6,9-14,20H,7-8,15-17H2,1-3H3,(H,26,27,28)/b13-12+/t20-/m1/s1. The molecule has 7 heteroatoms. The molecule has 7 nitrogen and oxygen atoms in total. The molecule has 0 aliphatic carbocycles. The summed E-state index contributed by atoms with van der Waals surface area (Å²) in [6, 6.07) is 11.8. The van der Waals surface area contributed by atoms with Crippen LogP contribution in [0.1, 0.15) is 35.5 Å². The summed E-state index contributed by atoms with van der Waals surface area (Å²) in [5, 5.41) is 7.67. The first kappa shape index (κ1) is 21.7. The molecule has 4 heterocycles. The van der Waals surface area contributed by atoms with Crippen molar-refractivity contribution in [2.24, 2.45) is 13.0 Å². The second kappa shape index (κ2) is 9.77. The number of carbonyl (C=O) groups excluding carboxylic acids is 1. The third-order valence-electron chi connectivity index (χ3n) is 6.01. The van der Waals surface area contributed by atoms with Crippen LogP contribution in [0.3, 0.4) is 0 Å². The van der Waals surface area contributed by atoms with Crippen LogP contribution < -0.4 is 5.32 Å². The van der Waals surface area contributed by atoms with E-state index in [1.54, 1.807) is 12.3 Å². The van der Waals surface area contributed by atoms with Crippen LogP contribution in [-0.4, -0.2) is 43.6 Å². The third-order valence-corrected chi connectivity index (χ3v) is 6.01. The highest BCUT2D eigenvalue weighted by Crippen LogP contribution is 2.22. The Kier molecular flexibility index (Phi) is 6.63. The maximum absolute atomic E-state index is 12.8. The van der Waals surface area contributed by atoms with E-state index >= 15 is 0 Å². The zero-order valence-corrected chi connectivity index (χ0v) is 19.0. The molecule has 166 valence electrons. The minimum Gasteiger partial charge on any atom is -0.339 e. The van der Waals surface area contributed by atoms with Crippen molar-refractivity contribution in [3.8, 4) is 0 Å². The van der Waals surface area contributed by atoms with E-state index in [9.17, 15) is 4.79 Å². The number of hydrogen-bond acceptors (Lipinski definition) is 5. The van der Waals surface area contributed by atoms with Crippen molar-refractivity contribution >= 4 is 23.6 Å². The summed E-state index contributed by atoms with van der Waals surface area (Å²) in [7, 11) is 1.92. The molecule has 1 amide bonds. The van der Waals surface area contributed by atoms with Gasteiger partial charge in [0, 0.05) is 49.4 Å². The number of anilines is 2. The number of rotatable bonds is 6. The highest BCUT2D eigenvalue weighted by atomic mass is 16.2. The summed E-state index contributed by atoms with van der Waals surface area (Å²) in [6.45, 7) is 5.55. The Hall–Kier alpha value is -3.48. The summed E-state index contributed by atoms with van der Waals surface area (Å²) in [6.07, 6.45) is 8.32. The molecule has 1 aliphatic rings. The molecule has 0 bridgehead atoms. The van der Waals surface area contributed by atoms with Crippen LogP contribution in [-0.2, 0) is 18.3 Å². The summed E-state index contributed by atoms with van der Waals surface area (Å²) in [4.78, 5) is 23.8. The summed E-state index contributed by atoms with van der Waals surface area (Å²) in [5.74, 6) is 2.03. The Morgan fingerprint density at radius 3 is 2.78 bits per heavy atom. The maximum atomic E-state index is 12.8. The molecule has 0 unspecified atom stereocenters. The van der Waals surface area contributed by atoms with Gasteiger partial charge in [-0.15, -0.1) is 0 Å². The lowest BCUT2D eigenvalue weighted by Crippen LogP contribution is -2.39. The van der Waals surface area contributed by atoms with Gasteiger partial charge in [-0.2, -0.15) is 5.10 Å². The molecule has 3 aromatic rings. The first-order valence-electron chi connectivity index (χ1n) is 11.1. The Labute approximate surface area is 189 Å². The minimum atomic E-state index is 0.0656. The highest BCUT2D eigenvalue weighted by molar-refractivity contribution is 5.92. The van der Waals surface area contributed by atoms with Crippen molar-refractivity contribution in [2.75, 3.05) is 18.4 Å². The molecule has 1 aliphatic heterocycles. The fourth-order valence-corrected chi connectivity index (χ4v) is 4.25. The lowest BCUT2D eigenvalue weighted by atomic mass is 9.93. The molecule has 1 N–H and O–H groups in total. The monoisotopic (exact) mass is 430 g/mol. The molecular weight excluding hydrogens is 400 g/mol. The van der Waals surface area contributed by atoms with Crippen molar-refractivity contribution in [3.05, 3.63) is 71.3 Å². The number of hydrogen-bond donors (Lipinski definition) is 1. The minimum absolute atomic E-state index is 0.0656. The van der Waals surface area contributed by atoms with E-state index in [1.165, 1.54) is 0 Å². The number of carbonyl (C=O) groups is 1. The van der Waals surface area contributed by atoms with Gasteiger partial charge in [0.2, 0.25) is 5.91 Å². The molecule has 3 aromatic heterocycles. The van der Waals surface area contributed by atoms with Gasteiger partial charge in [0.25, 0.3) is 0 Å². The van der Waals surface area contributed by atoms with Crippen LogP contribution in [0.5, 0.6) is 0 Å². The normalized spacial score (nSPS) is 16.5. The van der Waals surface area contributed by atoms with Gasteiger partial charge in [-0.3, -0.25) is 9.48 Å². The van der Waals surface area contributed by atoms with Crippen LogP contribution in [0.25, 0.3) is 6.08 Å². The van der Waals surface area contributed by atoms with Gasteiger partial charge in [-0.05, 0) is 69.4 Å². The van der Waals surface area contributed by atoms with Gasteiger partial charge in [0.1, 0.15) is 11.6 Å². The molecular formula is C25H30N6O. The Morgan fingerprint density at radius 1 is 1.19 bits per heavy atom. The predicted molar refractivity (Wildman–Crippen MR) is 126 cm³/mol. The Balaban J connectivity index is 1.37. The largest absolute Gasteiger partial charge is 0.339 e. The van der Waals surface area contributed by atoms with E-state index in [4.69, 9.17) is 4.98 Å². The van der Waals surface area contributed by atoms with Gasteiger partial charge < -0.3 is 10.2 Å². The van der Waals surface area contributed by atoms with Crippen LogP contribution in [0, 0.1) is 19.8 Å². The number of aryl methyl sites for hydroxylation is 2. The van der Waals surface area contributed by atoms with Gasteiger partial charge in [-0.25, -0.2) is 9.97 Å². The van der Waals surface area contributed by atoms with Gasteiger partial charge in [0.05, 0.1) is 5.69 Å². The van der Waals surface area contributed by atoms with Crippen molar-refractivity contribution in [3.63, 3.8) is 0 Å². The summed E-state index contributed by atoms with van der Waals surface area (Å²) >= 11 is 0. The molecule has 4 rings (SSSR count). The van der Waals surface area contributed by atoms with Crippen molar-refractivity contribution in [1.82, 2.24) is 24.6 Å². The smallest absolute Gasteiger partial charge is 0.246 e. The average Bonchev–Trinajstić information content (AvgIpc) is 3.04. The lowest BCUT2D eigenvalue weighted by Gasteiger charge is -2.32. The number of likely N-dealkylation sites (tertiary alicyclic amines) is 1. The number of piperidine rings is 1. The lowest BCUT2D eigenvalue weighted by molar-refractivity contribution is -0.127. The Bertz CT molecular complexity index is 1100. The molecule has 0 spiro atoms. The van der Waals surface area contributed by atoms with Gasteiger partial charge in [-0.1, -0.05) is 12.1 Å². The first-order chi connectivity index (χ1) is 15.5. The van der Waals surface area contributed by atoms with Crippen LogP contribution >= 0.6 is 0 Å².